The molecule has 1 rings (SSSR count). The molecule has 0 atom stereocenters. The Morgan fingerprint density at radius 3 is 2.17 bits per heavy atom. The van der Waals surface area contributed by atoms with Crippen LogP contribution in [-0.2, 0) is 6.54 Å². The molecule has 0 saturated carbocycles. The number of hydrogen-bond donors (Lipinski definition) is 0. The van der Waals surface area contributed by atoms with Crippen molar-refractivity contribution in [2.45, 2.75) is 47.6 Å². The number of nitrogens with zero attached hydrogens (tertiary/aromatic N) is 3. The van der Waals surface area contributed by atoms with E-state index in [4.69, 9.17) is 0 Å². The summed E-state index contributed by atoms with van der Waals surface area (Å²) in [5, 5.41) is 4.21. The predicted molar refractivity (Wildman–Crippen MR) is 51.1 cm³/mol. The Bertz CT molecular complexity index is 216. The summed E-state index contributed by atoms with van der Waals surface area (Å²) in [5.74, 6) is 1.88. The highest BCUT2D eigenvalue weighted by atomic mass is 15.3. The molecule has 1 aromatic rings. The number of rotatable bonds is 2. The molecule has 1 heterocycles. The molecule has 12 heavy (non-hydrogen) atoms. The normalized spacial score (nSPS) is 9.08. The van der Waals surface area contributed by atoms with Gasteiger partial charge in [0.1, 0.15) is 11.6 Å². The molecule has 3 heteroatoms. The van der Waals surface area contributed by atoms with Crippen molar-refractivity contribution in [2.75, 3.05) is 0 Å². The van der Waals surface area contributed by atoms with Crippen molar-refractivity contribution in [3.8, 4) is 0 Å². The van der Waals surface area contributed by atoms with Gasteiger partial charge < -0.3 is 0 Å². The van der Waals surface area contributed by atoms with E-state index in [1.54, 1.807) is 0 Å². The summed E-state index contributed by atoms with van der Waals surface area (Å²) in [5.41, 5.74) is 0. The molecule has 1 aromatic heterocycles. The molecule has 3 nitrogen and oxygen atoms in total. The number of aryl methyl sites for hydroxylation is 3. The smallest absolute Gasteiger partial charge is 0.147 e. The van der Waals surface area contributed by atoms with E-state index in [1.165, 1.54) is 0 Å². The molecule has 0 aliphatic rings. The van der Waals surface area contributed by atoms with E-state index in [0.29, 0.717) is 0 Å². The molecule has 0 unspecified atom stereocenters. The van der Waals surface area contributed by atoms with Gasteiger partial charge in [-0.25, -0.2) is 4.98 Å². The molecule has 0 saturated heterocycles. The van der Waals surface area contributed by atoms with Crippen LogP contribution in [0.3, 0.4) is 0 Å². The standard InChI is InChI=1S/C7H13N3.C2H6/c1-4-5-10-7(3)8-6(2)9-10;1-2/h4-5H2,1-3H3;1-2H3. The van der Waals surface area contributed by atoms with E-state index < -0.39 is 0 Å². The minimum absolute atomic E-state index is 0.867. The maximum absolute atomic E-state index is 4.21. The van der Waals surface area contributed by atoms with Crippen LogP contribution in [0.2, 0.25) is 0 Å². The Hall–Kier alpha value is -0.860. The van der Waals surface area contributed by atoms with Gasteiger partial charge in [-0.05, 0) is 20.3 Å². The highest BCUT2D eigenvalue weighted by Gasteiger charge is 1.98. The van der Waals surface area contributed by atoms with Gasteiger partial charge in [0.05, 0.1) is 0 Å². The van der Waals surface area contributed by atoms with Gasteiger partial charge in [0.2, 0.25) is 0 Å². The van der Waals surface area contributed by atoms with Crippen LogP contribution in [0.15, 0.2) is 0 Å². The van der Waals surface area contributed by atoms with Gasteiger partial charge in [-0.1, -0.05) is 20.8 Å². The first kappa shape index (κ1) is 11.1. The lowest BCUT2D eigenvalue weighted by atomic mass is 10.5. The van der Waals surface area contributed by atoms with Crippen LogP contribution >= 0.6 is 0 Å². The van der Waals surface area contributed by atoms with Gasteiger partial charge in [0.15, 0.2) is 0 Å². The molecule has 0 N–H and O–H groups in total. The molecule has 0 aromatic carbocycles. The molecule has 0 aliphatic heterocycles. The summed E-state index contributed by atoms with van der Waals surface area (Å²) in [4.78, 5) is 4.18. The molecule has 0 amide bonds. The van der Waals surface area contributed by atoms with Gasteiger partial charge in [-0.3, -0.25) is 4.68 Å². The van der Waals surface area contributed by atoms with Crippen molar-refractivity contribution in [3.05, 3.63) is 11.6 Å². The summed E-state index contributed by atoms with van der Waals surface area (Å²) in [6.45, 7) is 11.0. The first-order valence-electron chi connectivity index (χ1n) is 4.62. The minimum atomic E-state index is 0.867. The molecule has 70 valence electrons. The van der Waals surface area contributed by atoms with Gasteiger partial charge in [-0.15, -0.1) is 0 Å². The topological polar surface area (TPSA) is 30.7 Å². The molecular weight excluding hydrogens is 150 g/mol. The summed E-state index contributed by atoms with van der Waals surface area (Å²) >= 11 is 0. The summed E-state index contributed by atoms with van der Waals surface area (Å²) < 4.78 is 1.94. The van der Waals surface area contributed by atoms with E-state index in [1.807, 2.05) is 32.4 Å². The molecule has 0 aliphatic carbocycles. The first-order chi connectivity index (χ1) is 5.74. The fourth-order valence-electron chi connectivity index (χ4n) is 0.985. The Morgan fingerprint density at radius 1 is 1.25 bits per heavy atom. The Kier molecular flexibility index (Phi) is 5.34. The van der Waals surface area contributed by atoms with Crippen LogP contribution in [0.4, 0.5) is 0 Å². The lowest BCUT2D eigenvalue weighted by Crippen LogP contribution is -2.01. The van der Waals surface area contributed by atoms with E-state index >= 15 is 0 Å². The predicted octanol–water partition coefficient (Wildman–Crippen LogP) is 2.33. The van der Waals surface area contributed by atoms with Crippen LogP contribution in [0.1, 0.15) is 38.8 Å². The Balaban J connectivity index is 0.000000561. The van der Waals surface area contributed by atoms with Crippen molar-refractivity contribution in [1.29, 1.82) is 0 Å². The Labute approximate surface area is 74.8 Å². The zero-order chi connectivity index (χ0) is 9.56. The van der Waals surface area contributed by atoms with Crippen molar-refractivity contribution >= 4 is 0 Å². The molecule has 0 bridgehead atoms. The summed E-state index contributed by atoms with van der Waals surface area (Å²) in [7, 11) is 0. The van der Waals surface area contributed by atoms with Gasteiger partial charge in [-0.2, -0.15) is 5.10 Å². The third-order valence-electron chi connectivity index (χ3n) is 1.40. The third-order valence-corrected chi connectivity index (χ3v) is 1.40. The fraction of sp³-hybridized carbons (Fsp3) is 0.778. The second-order valence-corrected chi connectivity index (χ2v) is 2.43. The highest BCUT2D eigenvalue weighted by molar-refractivity contribution is 4.86. The second kappa shape index (κ2) is 5.75. The Morgan fingerprint density at radius 2 is 1.83 bits per heavy atom. The first-order valence-corrected chi connectivity index (χ1v) is 4.62. The van der Waals surface area contributed by atoms with E-state index in [2.05, 4.69) is 17.0 Å². The van der Waals surface area contributed by atoms with Crippen molar-refractivity contribution in [3.63, 3.8) is 0 Å². The molecule has 0 spiro atoms. The largest absolute Gasteiger partial charge is 0.250 e. The van der Waals surface area contributed by atoms with E-state index in [-0.39, 0.29) is 0 Å². The van der Waals surface area contributed by atoms with Crippen LogP contribution in [0.5, 0.6) is 0 Å². The van der Waals surface area contributed by atoms with Gasteiger partial charge in [0, 0.05) is 6.54 Å². The van der Waals surface area contributed by atoms with Crippen molar-refractivity contribution in [2.24, 2.45) is 0 Å². The quantitative estimate of drug-likeness (QED) is 0.680. The van der Waals surface area contributed by atoms with Crippen molar-refractivity contribution < 1.29 is 0 Å². The van der Waals surface area contributed by atoms with Gasteiger partial charge >= 0.3 is 0 Å². The summed E-state index contributed by atoms with van der Waals surface area (Å²) in [6.07, 6.45) is 1.11. The monoisotopic (exact) mass is 169 g/mol. The average Bonchev–Trinajstić information content (AvgIpc) is 2.35. The van der Waals surface area contributed by atoms with E-state index in [0.717, 1.165) is 24.6 Å². The maximum Gasteiger partial charge on any atom is 0.147 e. The zero-order valence-electron chi connectivity index (χ0n) is 8.76. The van der Waals surface area contributed by atoms with E-state index in [9.17, 15) is 0 Å². The highest BCUT2D eigenvalue weighted by Crippen LogP contribution is 1.96. The lowest BCUT2D eigenvalue weighted by molar-refractivity contribution is 0.581. The fourth-order valence-corrected chi connectivity index (χ4v) is 0.985. The molecular formula is C9H19N3. The lowest BCUT2D eigenvalue weighted by Gasteiger charge is -1.96. The molecule has 0 radical (unpaired) electrons. The van der Waals surface area contributed by atoms with Crippen LogP contribution in [-0.4, -0.2) is 14.8 Å². The number of hydrogen-bond acceptors (Lipinski definition) is 2. The SMILES string of the molecule is CC.CCCn1nc(C)nc1C. The number of aromatic nitrogens is 3. The van der Waals surface area contributed by atoms with Crippen LogP contribution in [0.25, 0.3) is 0 Å². The maximum atomic E-state index is 4.21. The third kappa shape index (κ3) is 3.03. The average molecular weight is 169 g/mol. The second-order valence-electron chi connectivity index (χ2n) is 2.43. The zero-order valence-corrected chi connectivity index (χ0v) is 8.76. The van der Waals surface area contributed by atoms with Crippen molar-refractivity contribution in [1.82, 2.24) is 14.8 Å². The molecule has 0 fully saturated rings. The summed E-state index contributed by atoms with van der Waals surface area (Å²) in [6, 6.07) is 0. The minimum Gasteiger partial charge on any atom is -0.250 e. The van der Waals surface area contributed by atoms with Crippen LogP contribution in [0, 0.1) is 13.8 Å². The van der Waals surface area contributed by atoms with Crippen LogP contribution < -0.4 is 0 Å². The van der Waals surface area contributed by atoms with Gasteiger partial charge in [0.25, 0.3) is 0 Å².